The Bertz CT molecular complexity index is 580. The predicted octanol–water partition coefficient (Wildman–Crippen LogP) is 3.90. The van der Waals surface area contributed by atoms with Gasteiger partial charge >= 0.3 is 5.97 Å². The molecule has 0 aliphatic heterocycles. The molecule has 0 radical (unpaired) electrons. The lowest BCUT2D eigenvalue weighted by Gasteiger charge is -2.24. The summed E-state index contributed by atoms with van der Waals surface area (Å²) in [6.07, 6.45) is 8.65. The molecule has 0 N–H and O–H groups in total. The van der Waals surface area contributed by atoms with Crippen molar-refractivity contribution in [1.82, 2.24) is 4.90 Å². The summed E-state index contributed by atoms with van der Waals surface area (Å²) in [6, 6.07) is 9.76. The smallest absolute Gasteiger partial charge is 0.307 e. The van der Waals surface area contributed by atoms with E-state index in [1.54, 1.807) is 6.92 Å². The van der Waals surface area contributed by atoms with Crippen molar-refractivity contribution in [3.05, 3.63) is 47.5 Å². The maximum atomic E-state index is 12.7. The first-order valence-corrected chi connectivity index (χ1v) is 9.34. The Morgan fingerprint density at radius 2 is 1.92 bits per heavy atom. The van der Waals surface area contributed by atoms with Crippen LogP contribution >= 0.6 is 0 Å². The van der Waals surface area contributed by atoms with Gasteiger partial charge in [-0.2, -0.15) is 0 Å². The highest BCUT2D eigenvalue weighted by atomic mass is 16.5. The van der Waals surface area contributed by atoms with Crippen LogP contribution in [0.2, 0.25) is 0 Å². The minimum absolute atomic E-state index is 0.0758. The lowest BCUT2D eigenvalue weighted by Crippen LogP contribution is -2.35. The number of ether oxygens (including phenoxy) is 1. The van der Waals surface area contributed by atoms with Gasteiger partial charge in [0.25, 0.3) is 0 Å². The van der Waals surface area contributed by atoms with E-state index >= 15 is 0 Å². The molecule has 1 aliphatic rings. The van der Waals surface area contributed by atoms with E-state index in [2.05, 4.69) is 6.08 Å². The SMILES string of the molecule is CCOC(=O)CCN(CCC1=CCCCC1)C(=O)Cc1ccccc1. The highest BCUT2D eigenvalue weighted by molar-refractivity contribution is 5.79. The van der Waals surface area contributed by atoms with Crippen molar-refractivity contribution >= 4 is 11.9 Å². The molecular formula is C21H29NO3. The maximum Gasteiger partial charge on any atom is 0.307 e. The first-order valence-electron chi connectivity index (χ1n) is 9.34. The fourth-order valence-corrected chi connectivity index (χ4v) is 3.11. The molecule has 1 aromatic rings. The van der Waals surface area contributed by atoms with Crippen LogP contribution in [0.15, 0.2) is 42.0 Å². The van der Waals surface area contributed by atoms with Crippen molar-refractivity contribution in [1.29, 1.82) is 0 Å². The van der Waals surface area contributed by atoms with Gasteiger partial charge in [0.05, 0.1) is 19.4 Å². The average Bonchev–Trinajstić information content (AvgIpc) is 2.63. The number of amides is 1. The topological polar surface area (TPSA) is 46.6 Å². The van der Waals surface area contributed by atoms with E-state index in [0.29, 0.717) is 26.1 Å². The number of hydrogen-bond acceptors (Lipinski definition) is 3. The summed E-state index contributed by atoms with van der Waals surface area (Å²) in [5.41, 5.74) is 2.45. The zero-order chi connectivity index (χ0) is 17.9. The van der Waals surface area contributed by atoms with Gasteiger partial charge in [-0.1, -0.05) is 42.0 Å². The second kappa shape index (κ2) is 10.7. The second-order valence-electron chi connectivity index (χ2n) is 6.46. The zero-order valence-corrected chi connectivity index (χ0v) is 15.2. The summed E-state index contributed by atoms with van der Waals surface area (Å²) in [6.45, 7) is 3.28. The van der Waals surface area contributed by atoms with Crippen LogP contribution in [0.5, 0.6) is 0 Å². The maximum absolute atomic E-state index is 12.7. The van der Waals surface area contributed by atoms with E-state index in [1.807, 2.05) is 35.2 Å². The van der Waals surface area contributed by atoms with Crippen molar-refractivity contribution < 1.29 is 14.3 Å². The molecule has 1 aliphatic carbocycles. The molecule has 1 amide bonds. The number of esters is 1. The van der Waals surface area contributed by atoms with Crippen LogP contribution in [0.3, 0.4) is 0 Å². The van der Waals surface area contributed by atoms with Gasteiger partial charge in [0.15, 0.2) is 0 Å². The van der Waals surface area contributed by atoms with E-state index in [-0.39, 0.29) is 18.3 Å². The molecular weight excluding hydrogens is 314 g/mol. The van der Waals surface area contributed by atoms with Gasteiger partial charge in [-0.25, -0.2) is 0 Å². The molecule has 0 unspecified atom stereocenters. The number of allylic oxidation sites excluding steroid dienone is 1. The van der Waals surface area contributed by atoms with Crippen LogP contribution in [-0.2, 0) is 20.7 Å². The Balaban J connectivity index is 1.93. The molecule has 2 rings (SSSR count). The lowest BCUT2D eigenvalue weighted by molar-refractivity contribution is -0.144. The monoisotopic (exact) mass is 343 g/mol. The van der Waals surface area contributed by atoms with Gasteiger partial charge < -0.3 is 9.64 Å². The van der Waals surface area contributed by atoms with E-state index in [1.165, 1.54) is 18.4 Å². The minimum atomic E-state index is -0.239. The van der Waals surface area contributed by atoms with E-state index < -0.39 is 0 Å². The number of nitrogens with zero attached hydrogens (tertiary/aromatic N) is 1. The lowest BCUT2D eigenvalue weighted by atomic mass is 9.97. The largest absolute Gasteiger partial charge is 0.466 e. The van der Waals surface area contributed by atoms with E-state index in [0.717, 1.165) is 24.8 Å². The predicted molar refractivity (Wildman–Crippen MR) is 99.1 cm³/mol. The van der Waals surface area contributed by atoms with Crippen LogP contribution in [-0.4, -0.2) is 36.5 Å². The van der Waals surface area contributed by atoms with Crippen LogP contribution < -0.4 is 0 Å². The summed E-state index contributed by atoms with van der Waals surface area (Å²) in [5.74, 6) is -0.163. The Labute approximate surface area is 150 Å². The number of carbonyl (C=O) groups is 2. The molecule has 0 saturated heterocycles. The molecule has 1 aromatic carbocycles. The highest BCUT2D eigenvalue weighted by Crippen LogP contribution is 2.20. The molecule has 4 nitrogen and oxygen atoms in total. The fraction of sp³-hybridized carbons (Fsp3) is 0.524. The minimum Gasteiger partial charge on any atom is -0.466 e. The molecule has 4 heteroatoms. The van der Waals surface area contributed by atoms with Crippen molar-refractivity contribution in [2.45, 2.75) is 51.9 Å². The van der Waals surface area contributed by atoms with Crippen molar-refractivity contribution in [3.8, 4) is 0 Å². The molecule has 0 heterocycles. The van der Waals surface area contributed by atoms with E-state index in [9.17, 15) is 9.59 Å². The number of benzene rings is 1. The Morgan fingerprint density at radius 1 is 1.12 bits per heavy atom. The summed E-state index contributed by atoms with van der Waals surface area (Å²) >= 11 is 0. The van der Waals surface area contributed by atoms with Gasteiger partial charge in [0, 0.05) is 13.1 Å². The molecule has 0 bridgehead atoms. The Morgan fingerprint density at radius 3 is 2.60 bits per heavy atom. The van der Waals surface area contributed by atoms with Crippen LogP contribution in [0.1, 0.15) is 51.0 Å². The highest BCUT2D eigenvalue weighted by Gasteiger charge is 2.17. The molecule has 0 saturated carbocycles. The summed E-state index contributed by atoms with van der Waals surface area (Å²) in [5, 5.41) is 0. The van der Waals surface area contributed by atoms with Gasteiger partial charge in [-0.3, -0.25) is 9.59 Å². The van der Waals surface area contributed by atoms with Crippen LogP contribution in [0, 0.1) is 0 Å². The number of rotatable bonds is 9. The van der Waals surface area contributed by atoms with Gasteiger partial charge in [0.2, 0.25) is 5.91 Å². The first-order chi connectivity index (χ1) is 12.2. The summed E-state index contributed by atoms with van der Waals surface area (Å²) in [4.78, 5) is 26.2. The Hall–Kier alpha value is -2.10. The molecule has 136 valence electrons. The van der Waals surface area contributed by atoms with Crippen LogP contribution in [0.4, 0.5) is 0 Å². The quantitative estimate of drug-likeness (QED) is 0.505. The molecule has 0 aromatic heterocycles. The molecule has 25 heavy (non-hydrogen) atoms. The first kappa shape index (κ1) is 19.2. The van der Waals surface area contributed by atoms with E-state index in [4.69, 9.17) is 4.74 Å². The number of hydrogen-bond donors (Lipinski definition) is 0. The number of carbonyl (C=O) groups excluding carboxylic acids is 2. The van der Waals surface area contributed by atoms with Crippen molar-refractivity contribution in [2.24, 2.45) is 0 Å². The zero-order valence-electron chi connectivity index (χ0n) is 15.2. The third-order valence-corrected chi connectivity index (χ3v) is 4.53. The molecule has 0 fully saturated rings. The van der Waals surface area contributed by atoms with Crippen molar-refractivity contribution in [3.63, 3.8) is 0 Å². The van der Waals surface area contributed by atoms with Gasteiger partial charge in [-0.05, 0) is 44.6 Å². The fourth-order valence-electron chi connectivity index (χ4n) is 3.11. The van der Waals surface area contributed by atoms with Gasteiger partial charge in [0.1, 0.15) is 0 Å². The normalized spacial score (nSPS) is 13.9. The second-order valence-corrected chi connectivity index (χ2v) is 6.46. The third kappa shape index (κ3) is 7.12. The summed E-state index contributed by atoms with van der Waals surface area (Å²) < 4.78 is 5.00. The standard InChI is InChI=1S/C21H29NO3/c1-2-25-21(24)14-16-22(15-13-18-9-5-3-6-10-18)20(23)17-19-11-7-4-8-12-19/h4,7-9,11-12H,2-3,5-6,10,13-17H2,1H3. The average molecular weight is 343 g/mol. The summed E-state index contributed by atoms with van der Waals surface area (Å²) in [7, 11) is 0. The molecule has 0 spiro atoms. The van der Waals surface area contributed by atoms with Gasteiger partial charge in [-0.15, -0.1) is 0 Å². The molecule has 0 atom stereocenters. The van der Waals surface area contributed by atoms with Crippen LogP contribution in [0.25, 0.3) is 0 Å². The Kier molecular flexibility index (Phi) is 8.23. The third-order valence-electron chi connectivity index (χ3n) is 4.53. The van der Waals surface area contributed by atoms with Crippen molar-refractivity contribution in [2.75, 3.05) is 19.7 Å².